The SMILES string of the molecule is CCCCOc1ccc(/C(O)=C2\C(=O)C(=O)N(c3nc(C)c(C(=O)OCC)s3)C2c2ccc(OCCC)cc2)cc1. The van der Waals surface area contributed by atoms with Crippen molar-refractivity contribution in [3.05, 3.63) is 75.8 Å². The number of anilines is 1. The smallest absolute Gasteiger partial charge is 0.350 e. The molecular weight excluding hydrogens is 544 g/mol. The number of carbonyl (C=O) groups excluding carboxylic acids is 3. The van der Waals surface area contributed by atoms with Gasteiger partial charge in [-0.3, -0.25) is 14.5 Å². The van der Waals surface area contributed by atoms with Gasteiger partial charge in [0.05, 0.1) is 37.1 Å². The number of hydrogen-bond donors (Lipinski definition) is 1. The molecule has 0 bridgehead atoms. The van der Waals surface area contributed by atoms with Crippen LogP contribution in [0.4, 0.5) is 5.13 Å². The van der Waals surface area contributed by atoms with Crippen LogP contribution in [0.2, 0.25) is 0 Å². The van der Waals surface area contributed by atoms with E-state index in [0.29, 0.717) is 41.5 Å². The Morgan fingerprint density at radius 1 is 0.951 bits per heavy atom. The molecule has 3 aromatic rings. The maximum atomic E-state index is 13.5. The number of hydrogen-bond acceptors (Lipinski definition) is 9. The van der Waals surface area contributed by atoms with E-state index in [9.17, 15) is 19.5 Å². The Hall–Kier alpha value is -4.18. The maximum Gasteiger partial charge on any atom is 0.350 e. The van der Waals surface area contributed by atoms with Crippen LogP contribution in [0.3, 0.4) is 0 Å². The number of ketones is 1. The second-order valence-electron chi connectivity index (χ2n) is 9.44. The van der Waals surface area contributed by atoms with Gasteiger partial charge in [0.1, 0.15) is 22.1 Å². The molecule has 1 saturated heterocycles. The summed E-state index contributed by atoms with van der Waals surface area (Å²) in [6.45, 7) is 8.73. The molecular formula is C31H34N2O7S. The van der Waals surface area contributed by atoms with Gasteiger partial charge in [0.25, 0.3) is 5.78 Å². The number of thiazole rings is 1. The third kappa shape index (κ3) is 6.43. The number of aliphatic hydroxyl groups excluding tert-OH is 1. The Labute approximate surface area is 243 Å². The number of aliphatic hydroxyl groups is 1. The molecule has 10 heteroatoms. The monoisotopic (exact) mass is 578 g/mol. The first-order valence-corrected chi connectivity index (χ1v) is 14.5. The second kappa shape index (κ2) is 13.5. The van der Waals surface area contributed by atoms with Gasteiger partial charge >= 0.3 is 11.9 Å². The number of Topliss-reactive ketones (excluding diaryl/α,β-unsaturated/α-hetero) is 1. The molecule has 1 atom stereocenters. The summed E-state index contributed by atoms with van der Waals surface area (Å²) in [4.78, 5) is 45.4. The van der Waals surface area contributed by atoms with E-state index in [4.69, 9.17) is 14.2 Å². The van der Waals surface area contributed by atoms with Gasteiger partial charge in [-0.15, -0.1) is 0 Å². The maximum absolute atomic E-state index is 13.5. The quantitative estimate of drug-likeness (QED) is 0.0885. The van der Waals surface area contributed by atoms with Crippen LogP contribution in [0.15, 0.2) is 54.1 Å². The topological polar surface area (TPSA) is 115 Å². The zero-order valence-corrected chi connectivity index (χ0v) is 24.5. The van der Waals surface area contributed by atoms with Gasteiger partial charge in [-0.05, 0) is 68.7 Å². The van der Waals surface area contributed by atoms with Crippen LogP contribution in [0, 0.1) is 6.92 Å². The molecule has 2 aromatic carbocycles. The summed E-state index contributed by atoms with van der Waals surface area (Å²) >= 11 is 0.966. The van der Waals surface area contributed by atoms with Crippen molar-refractivity contribution < 1.29 is 33.7 Å². The zero-order chi connectivity index (χ0) is 29.5. The minimum atomic E-state index is -0.990. The van der Waals surface area contributed by atoms with E-state index in [2.05, 4.69) is 11.9 Å². The molecule has 1 fully saturated rings. The fourth-order valence-electron chi connectivity index (χ4n) is 4.38. The predicted octanol–water partition coefficient (Wildman–Crippen LogP) is 6.22. The van der Waals surface area contributed by atoms with E-state index in [1.807, 2.05) is 6.92 Å². The second-order valence-corrected chi connectivity index (χ2v) is 10.4. The number of unbranched alkanes of at least 4 members (excludes halogenated alkanes) is 1. The predicted molar refractivity (Wildman–Crippen MR) is 157 cm³/mol. The van der Waals surface area contributed by atoms with Crippen LogP contribution in [0.25, 0.3) is 5.76 Å². The first-order valence-electron chi connectivity index (χ1n) is 13.7. The highest BCUT2D eigenvalue weighted by Crippen LogP contribution is 2.44. The molecule has 2 heterocycles. The van der Waals surface area contributed by atoms with Crippen LogP contribution < -0.4 is 14.4 Å². The Morgan fingerprint density at radius 2 is 1.59 bits per heavy atom. The summed E-state index contributed by atoms with van der Waals surface area (Å²) in [7, 11) is 0. The van der Waals surface area contributed by atoms with Crippen molar-refractivity contribution in [2.24, 2.45) is 0 Å². The highest BCUT2D eigenvalue weighted by atomic mass is 32.1. The number of benzene rings is 2. The van der Waals surface area contributed by atoms with Crippen molar-refractivity contribution in [2.75, 3.05) is 24.7 Å². The molecule has 9 nitrogen and oxygen atoms in total. The van der Waals surface area contributed by atoms with E-state index in [1.54, 1.807) is 62.4 Å². The van der Waals surface area contributed by atoms with Gasteiger partial charge in [0.2, 0.25) is 0 Å². The van der Waals surface area contributed by atoms with Crippen molar-refractivity contribution >= 4 is 39.9 Å². The van der Waals surface area contributed by atoms with Crippen LogP contribution >= 0.6 is 11.3 Å². The number of carbonyl (C=O) groups is 3. The largest absolute Gasteiger partial charge is 0.507 e. The Bertz CT molecular complexity index is 1430. The molecule has 1 amide bonds. The zero-order valence-electron chi connectivity index (χ0n) is 23.6. The van der Waals surface area contributed by atoms with Crippen molar-refractivity contribution in [1.29, 1.82) is 0 Å². The lowest BCUT2D eigenvalue weighted by molar-refractivity contribution is -0.132. The third-order valence-corrected chi connectivity index (χ3v) is 7.60. The summed E-state index contributed by atoms with van der Waals surface area (Å²) in [6.07, 6.45) is 2.77. The van der Waals surface area contributed by atoms with Crippen molar-refractivity contribution in [2.45, 2.75) is 53.0 Å². The lowest BCUT2D eigenvalue weighted by Gasteiger charge is -2.23. The molecule has 1 aromatic heterocycles. The van der Waals surface area contributed by atoms with Crippen LogP contribution in [0.1, 0.15) is 72.6 Å². The first-order chi connectivity index (χ1) is 19.8. The minimum absolute atomic E-state index is 0.0811. The third-order valence-electron chi connectivity index (χ3n) is 6.46. The summed E-state index contributed by atoms with van der Waals surface area (Å²) in [6, 6.07) is 12.7. The fraction of sp³-hybridized carbons (Fsp3) is 0.355. The van der Waals surface area contributed by atoms with Gasteiger partial charge in [0, 0.05) is 5.56 Å². The lowest BCUT2D eigenvalue weighted by atomic mass is 9.95. The van der Waals surface area contributed by atoms with E-state index in [-0.39, 0.29) is 27.9 Å². The molecule has 41 heavy (non-hydrogen) atoms. The van der Waals surface area contributed by atoms with Crippen LogP contribution in [-0.2, 0) is 14.3 Å². The van der Waals surface area contributed by atoms with Crippen molar-refractivity contribution in [3.8, 4) is 11.5 Å². The normalized spacial score (nSPS) is 16.2. The first kappa shape index (κ1) is 29.8. The molecule has 216 valence electrons. The number of aryl methyl sites for hydroxylation is 1. The number of aromatic nitrogens is 1. The van der Waals surface area contributed by atoms with E-state index in [0.717, 1.165) is 30.6 Å². The highest BCUT2D eigenvalue weighted by Gasteiger charge is 2.48. The van der Waals surface area contributed by atoms with Gasteiger partial charge in [-0.1, -0.05) is 43.7 Å². The number of rotatable bonds is 12. The molecule has 0 spiro atoms. The average molecular weight is 579 g/mol. The van der Waals surface area contributed by atoms with Crippen molar-refractivity contribution in [3.63, 3.8) is 0 Å². The lowest BCUT2D eigenvalue weighted by Crippen LogP contribution is -2.29. The highest BCUT2D eigenvalue weighted by molar-refractivity contribution is 7.17. The molecule has 0 radical (unpaired) electrons. The summed E-state index contributed by atoms with van der Waals surface area (Å²) in [5.41, 5.74) is 1.23. The van der Waals surface area contributed by atoms with Crippen molar-refractivity contribution in [1.82, 2.24) is 4.98 Å². The molecule has 4 rings (SSSR count). The molecule has 0 saturated carbocycles. The van der Waals surface area contributed by atoms with Crippen LogP contribution in [0.5, 0.6) is 11.5 Å². The summed E-state index contributed by atoms with van der Waals surface area (Å²) in [5.74, 6) is -1.30. The molecule has 1 N–H and O–H groups in total. The Balaban J connectivity index is 1.79. The number of nitrogens with zero attached hydrogens (tertiary/aromatic N) is 2. The standard InChI is InChI=1S/C31H34N2O7S/c1-5-8-18-40-23-15-11-21(12-16-23)26(34)24-25(20-9-13-22(14-10-20)39-17-6-2)33(29(36)27(24)35)31-32-19(4)28(41-31)30(37)38-7-3/h9-16,25,34H,5-8,17-18H2,1-4H3/b26-24+. The fourth-order valence-corrected chi connectivity index (χ4v) is 5.37. The van der Waals surface area contributed by atoms with Crippen LogP contribution in [-0.4, -0.2) is 47.6 Å². The minimum Gasteiger partial charge on any atom is -0.507 e. The van der Waals surface area contributed by atoms with E-state index < -0.39 is 23.7 Å². The van der Waals surface area contributed by atoms with E-state index in [1.165, 1.54) is 4.90 Å². The summed E-state index contributed by atoms with van der Waals surface area (Å²) < 4.78 is 16.6. The Kier molecular flexibility index (Phi) is 9.78. The van der Waals surface area contributed by atoms with Gasteiger partial charge in [0.15, 0.2) is 5.13 Å². The van der Waals surface area contributed by atoms with Gasteiger partial charge in [-0.25, -0.2) is 9.78 Å². The molecule has 1 aliphatic rings. The number of ether oxygens (including phenoxy) is 3. The average Bonchev–Trinajstić information content (AvgIpc) is 3.48. The van der Waals surface area contributed by atoms with E-state index >= 15 is 0 Å². The van der Waals surface area contributed by atoms with Gasteiger partial charge < -0.3 is 19.3 Å². The van der Waals surface area contributed by atoms with Gasteiger partial charge in [-0.2, -0.15) is 0 Å². The molecule has 1 unspecified atom stereocenters. The Morgan fingerprint density at radius 3 is 2.20 bits per heavy atom. The summed E-state index contributed by atoms with van der Waals surface area (Å²) in [5, 5.41) is 11.6. The number of amides is 1. The number of esters is 1. The molecule has 0 aliphatic carbocycles. The molecule has 1 aliphatic heterocycles.